The molecule has 149 valence electrons. The predicted octanol–water partition coefficient (Wildman–Crippen LogP) is 5.59. The molecule has 0 aliphatic carbocycles. The van der Waals surface area contributed by atoms with Crippen LogP contribution in [0, 0.1) is 5.38 Å². The Labute approximate surface area is 202 Å². The fourth-order valence-corrected chi connectivity index (χ4v) is 5.33. The van der Waals surface area contributed by atoms with Gasteiger partial charge in [0.1, 0.15) is 0 Å². The first-order valence-corrected chi connectivity index (χ1v) is 11.7. The van der Waals surface area contributed by atoms with Crippen molar-refractivity contribution in [3.63, 3.8) is 0 Å². The van der Waals surface area contributed by atoms with Crippen molar-refractivity contribution in [3.8, 4) is 0 Å². The third kappa shape index (κ3) is 6.67. The Morgan fingerprint density at radius 2 is 2.00 bits per heavy atom. The summed E-state index contributed by atoms with van der Waals surface area (Å²) in [5.41, 5.74) is 1.89. The van der Waals surface area contributed by atoms with Crippen LogP contribution in [-0.2, 0) is 43.9 Å². The third-order valence-electron chi connectivity index (χ3n) is 4.99. The number of carbonyl (C=O) groups excluding carboxylic acids is 1. The van der Waals surface area contributed by atoms with Gasteiger partial charge in [-0.25, -0.2) is 6.07 Å². The molecule has 2 unspecified atom stereocenters. The number of aliphatic hydroxyl groups excluding tert-OH is 1. The van der Waals surface area contributed by atoms with Gasteiger partial charge < -0.3 is 16.4 Å². The molecule has 1 aromatic carbocycles. The number of carbonyl (C=O) groups is 1. The van der Waals surface area contributed by atoms with Crippen molar-refractivity contribution >= 4 is 34.7 Å². The van der Waals surface area contributed by atoms with Crippen molar-refractivity contribution in [2.75, 3.05) is 10.7 Å². The van der Waals surface area contributed by atoms with Crippen molar-refractivity contribution in [3.05, 3.63) is 52.2 Å². The van der Waals surface area contributed by atoms with E-state index in [9.17, 15) is 9.90 Å². The van der Waals surface area contributed by atoms with Gasteiger partial charge in [0.2, 0.25) is 5.91 Å². The second-order valence-electron chi connectivity index (χ2n) is 7.04. The van der Waals surface area contributed by atoms with E-state index in [0.29, 0.717) is 5.75 Å². The van der Waals surface area contributed by atoms with Gasteiger partial charge in [-0.3, -0.25) is 9.69 Å². The molecule has 0 bridgehead atoms. The molecular weight excluding hydrogens is 463 g/mol. The van der Waals surface area contributed by atoms with Gasteiger partial charge in [-0.15, -0.1) is 22.0 Å². The number of aliphatic hydroxyl groups is 1. The Hall–Kier alpha value is -0.196. The topological polar surface area (TPSA) is 40.5 Å². The maximum Gasteiger partial charge on any atom is 0.238 e. The fourth-order valence-electron chi connectivity index (χ4n) is 3.46. The second kappa shape index (κ2) is 12.5. The van der Waals surface area contributed by atoms with Crippen LogP contribution in [0.3, 0.4) is 0 Å². The van der Waals surface area contributed by atoms with Gasteiger partial charge in [0, 0.05) is 38.4 Å². The minimum Gasteiger partial charge on any atom is -0.388 e. The molecule has 0 spiro atoms. The number of aryl methyl sites for hydroxylation is 1. The first-order valence-electron chi connectivity index (χ1n) is 9.85. The van der Waals surface area contributed by atoms with Crippen LogP contribution in [-0.4, -0.2) is 22.1 Å². The Morgan fingerprint density at radius 1 is 1.21 bits per heavy atom. The van der Waals surface area contributed by atoms with E-state index in [0.717, 1.165) is 56.2 Å². The molecule has 1 aromatic heterocycles. The molecule has 6 heteroatoms. The first-order chi connectivity index (χ1) is 13.2. The Kier molecular flexibility index (Phi) is 10.7. The van der Waals surface area contributed by atoms with Crippen LogP contribution < -0.4 is 4.90 Å². The minimum atomic E-state index is -0.410. The quantitative estimate of drug-likeness (QED) is 0.348. The van der Waals surface area contributed by atoms with Crippen LogP contribution in [0.25, 0.3) is 0 Å². The van der Waals surface area contributed by atoms with Gasteiger partial charge in [-0.2, -0.15) is 6.07 Å². The monoisotopic (exact) mass is 491 g/mol. The molecule has 1 radical (unpaired) electrons. The molecule has 2 heterocycles. The van der Waals surface area contributed by atoms with Crippen LogP contribution >= 0.6 is 23.1 Å². The van der Waals surface area contributed by atoms with Gasteiger partial charge in [-0.05, 0) is 30.5 Å². The SMILES string of the molecule is CCCCCC(O)c1ccc(N2C(=O)CSC2CCCc2cc[c-]s2)cc1.[Y]. The number of thiophene rings is 1. The number of benzene rings is 1. The van der Waals surface area contributed by atoms with Gasteiger partial charge in [-0.1, -0.05) is 51.2 Å². The zero-order valence-electron chi connectivity index (χ0n) is 16.5. The maximum atomic E-state index is 12.4. The summed E-state index contributed by atoms with van der Waals surface area (Å²) in [6.07, 6.45) is 6.87. The van der Waals surface area contributed by atoms with Crippen LogP contribution in [0.5, 0.6) is 0 Å². The molecule has 0 saturated carbocycles. The molecule has 1 aliphatic heterocycles. The number of anilines is 1. The molecule has 1 amide bonds. The molecule has 28 heavy (non-hydrogen) atoms. The summed E-state index contributed by atoms with van der Waals surface area (Å²) in [5.74, 6) is 0.740. The summed E-state index contributed by atoms with van der Waals surface area (Å²) in [6.45, 7) is 2.17. The maximum absolute atomic E-state index is 12.4. The normalized spacial score (nSPS) is 17.6. The summed E-state index contributed by atoms with van der Waals surface area (Å²) < 4.78 is 0. The van der Waals surface area contributed by atoms with E-state index in [1.807, 2.05) is 35.2 Å². The smallest absolute Gasteiger partial charge is 0.238 e. The first kappa shape index (κ1) is 24.1. The molecule has 1 saturated heterocycles. The van der Waals surface area contributed by atoms with Crippen LogP contribution in [0.2, 0.25) is 0 Å². The van der Waals surface area contributed by atoms with Gasteiger partial charge in [0.25, 0.3) is 0 Å². The average Bonchev–Trinajstić information content (AvgIpc) is 3.32. The van der Waals surface area contributed by atoms with Crippen LogP contribution in [0.15, 0.2) is 36.4 Å². The number of amides is 1. The zero-order chi connectivity index (χ0) is 19.1. The van der Waals surface area contributed by atoms with Crippen LogP contribution in [0.1, 0.15) is 62.0 Å². The average molecular weight is 492 g/mol. The zero-order valence-corrected chi connectivity index (χ0v) is 20.9. The summed E-state index contributed by atoms with van der Waals surface area (Å²) in [6, 6.07) is 12.0. The van der Waals surface area contributed by atoms with E-state index in [1.54, 1.807) is 23.1 Å². The molecule has 3 rings (SSSR count). The summed E-state index contributed by atoms with van der Waals surface area (Å²) in [4.78, 5) is 15.7. The fraction of sp³-hybridized carbons (Fsp3) is 0.500. The van der Waals surface area contributed by atoms with E-state index < -0.39 is 6.10 Å². The Bertz CT molecular complexity index is 706. The van der Waals surface area contributed by atoms with Crippen LogP contribution in [0.4, 0.5) is 5.69 Å². The van der Waals surface area contributed by atoms with Crippen molar-refractivity contribution < 1.29 is 42.6 Å². The van der Waals surface area contributed by atoms with Gasteiger partial charge in [0.05, 0.1) is 17.2 Å². The number of rotatable bonds is 10. The standard InChI is InChI=1S/C22H28NO2S2.Y/c1-2-3-4-9-20(24)17-11-13-18(14-12-17)23-21(25)16-27-22(23)10-5-7-19-8-6-15-26-19;/h6,8,11-14,20,22,24H,2-5,7,9-10,16H2,1H3;/q-1;. The Morgan fingerprint density at radius 3 is 2.68 bits per heavy atom. The van der Waals surface area contributed by atoms with E-state index in [1.165, 1.54) is 4.88 Å². The molecular formula is C22H28NO2S2Y-. The number of hydrogen-bond donors (Lipinski definition) is 1. The largest absolute Gasteiger partial charge is 0.388 e. The number of unbranched alkanes of at least 4 members (excludes halogenated alkanes) is 2. The van der Waals surface area contributed by atoms with Gasteiger partial charge in [0.15, 0.2) is 0 Å². The molecule has 2 atom stereocenters. The van der Waals surface area contributed by atoms with Crippen molar-refractivity contribution in [2.45, 2.75) is 63.3 Å². The second-order valence-corrected chi connectivity index (χ2v) is 9.17. The number of thioether (sulfide) groups is 1. The summed E-state index contributed by atoms with van der Waals surface area (Å²) >= 11 is 3.42. The molecule has 3 nitrogen and oxygen atoms in total. The van der Waals surface area contributed by atoms with Crippen molar-refractivity contribution in [1.29, 1.82) is 0 Å². The molecule has 1 aliphatic rings. The molecule has 2 aromatic rings. The summed E-state index contributed by atoms with van der Waals surface area (Å²) in [7, 11) is 0. The minimum absolute atomic E-state index is 0. The van der Waals surface area contributed by atoms with Crippen molar-refractivity contribution in [2.24, 2.45) is 0 Å². The predicted molar refractivity (Wildman–Crippen MR) is 115 cm³/mol. The third-order valence-corrected chi connectivity index (χ3v) is 7.10. The van der Waals surface area contributed by atoms with Gasteiger partial charge >= 0.3 is 0 Å². The molecule has 1 N–H and O–H groups in total. The van der Waals surface area contributed by atoms with E-state index in [2.05, 4.69) is 18.4 Å². The van der Waals surface area contributed by atoms with E-state index in [-0.39, 0.29) is 44.0 Å². The molecule has 1 fully saturated rings. The van der Waals surface area contributed by atoms with Crippen molar-refractivity contribution in [1.82, 2.24) is 0 Å². The van der Waals surface area contributed by atoms with E-state index in [4.69, 9.17) is 0 Å². The Balaban J connectivity index is 0.00000280. The van der Waals surface area contributed by atoms with E-state index >= 15 is 0 Å². The number of nitrogens with zero attached hydrogens (tertiary/aromatic N) is 1. The number of hydrogen-bond acceptors (Lipinski definition) is 4. The summed E-state index contributed by atoms with van der Waals surface area (Å²) in [5, 5.41) is 13.7.